The number of aryl methyl sites for hydroxylation is 2. The predicted octanol–water partition coefficient (Wildman–Crippen LogP) is 1.81. The molecule has 0 saturated carbocycles. The summed E-state index contributed by atoms with van der Waals surface area (Å²) in [6, 6.07) is 11.6. The second-order valence-electron chi connectivity index (χ2n) is 8.46. The Morgan fingerprint density at radius 2 is 2.11 bits per heavy atom. The minimum atomic E-state index is -0.937. The van der Waals surface area contributed by atoms with Gasteiger partial charge in [0.05, 0.1) is 49.9 Å². The van der Waals surface area contributed by atoms with Gasteiger partial charge < -0.3 is 34.9 Å². The van der Waals surface area contributed by atoms with Crippen LogP contribution in [0.25, 0.3) is 11.0 Å². The number of anilines is 2. The first kappa shape index (κ1) is 24.6. The molecule has 1 fully saturated rings. The lowest BCUT2D eigenvalue weighted by molar-refractivity contribution is -0.119. The number of rotatable bonds is 10. The van der Waals surface area contributed by atoms with E-state index in [-0.39, 0.29) is 30.7 Å². The molecule has 0 radical (unpaired) electrons. The second kappa shape index (κ2) is 11.3. The first-order valence-electron chi connectivity index (χ1n) is 11.6. The van der Waals surface area contributed by atoms with Crippen LogP contribution >= 0.6 is 0 Å². The van der Waals surface area contributed by atoms with Gasteiger partial charge in [-0.15, -0.1) is 0 Å². The molecule has 1 amide bonds. The standard InChI is InChI=1S/C25H30N4O6/c1-34-25(33)22-21(28-24(32)17-8-10-35-15-17)20-11-18(26-13-19(31)14-30)12-27-23(20)29(22)9-7-16-5-3-2-4-6-16/h2-6,11-12,17,19,26,30-31H,7-10,13-15H2,1H3,(H,28,32)/t17-,19-/m0/s1. The third kappa shape index (κ3) is 5.61. The second-order valence-corrected chi connectivity index (χ2v) is 8.46. The molecule has 0 unspecified atom stereocenters. The Morgan fingerprint density at radius 3 is 2.80 bits per heavy atom. The van der Waals surface area contributed by atoms with E-state index in [0.717, 1.165) is 5.56 Å². The van der Waals surface area contributed by atoms with Crippen molar-refractivity contribution in [1.29, 1.82) is 0 Å². The van der Waals surface area contributed by atoms with E-state index in [9.17, 15) is 14.7 Å². The topological polar surface area (TPSA) is 135 Å². The smallest absolute Gasteiger partial charge is 0.356 e. The number of methoxy groups -OCH3 is 1. The molecule has 3 aromatic rings. The lowest BCUT2D eigenvalue weighted by Crippen LogP contribution is -2.24. The van der Waals surface area contributed by atoms with E-state index in [4.69, 9.17) is 14.6 Å². The number of aliphatic hydroxyl groups is 2. The average molecular weight is 483 g/mol. The van der Waals surface area contributed by atoms with E-state index in [1.807, 2.05) is 30.3 Å². The fraction of sp³-hybridized carbons (Fsp3) is 0.400. The van der Waals surface area contributed by atoms with Crippen LogP contribution in [0.4, 0.5) is 11.4 Å². The number of fused-ring (bicyclic) bond motifs is 1. The molecule has 1 aromatic carbocycles. The van der Waals surface area contributed by atoms with Crippen LogP contribution in [0.2, 0.25) is 0 Å². The van der Waals surface area contributed by atoms with Gasteiger partial charge in [0, 0.05) is 25.1 Å². The first-order chi connectivity index (χ1) is 17.0. The van der Waals surface area contributed by atoms with E-state index >= 15 is 0 Å². The molecule has 0 aliphatic carbocycles. The van der Waals surface area contributed by atoms with Crippen LogP contribution in [0.5, 0.6) is 0 Å². The van der Waals surface area contributed by atoms with Gasteiger partial charge in [-0.3, -0.25) is 4.79 Å². The van der Waals surface area contributed by atoms with E-state index in [2.05, 4.69) is 15.6 Å². The maximum atomic E-state index is 13.0. The number of nitrogens with zero attached hydrogens (tertiary/aromatic N) is 2. The summed E-state index contributed by atoms with van der Waals surface area (Å²) in [5, 5.41) is 25.3. The number of hydrogen-bond donors (Lipinski definition) is 4. The minimum Gasteiger partial charge on any atom is -0.464 e. The monoisotopic (exact) mass is 482 g/mol. The molecule has 2 aromatic heterocycles. The number of nitrogens with one attached hydrogen (secondary N) is 2. The summed E-state index contributed by atoms with van der Waals surface area (Å²) in [6.07, 6.45) is 1.90. The number of carbonyl (C=O) groups is 2. The molecule has 10 nitrogen and oxygen atoms in total. The zero-order valence-electron chi connectivity index (χ0n) is 19.6. The molecule has 1 aliphatic rings. The van der Waals surface area contributed by atoms with Gasteiger partial charge in [0.2, 0.25) is 5.91 Å². The number of aliphatic hydroxyl groups excluding tert-OH is 2. The zero-order chi connectivity index (χ0) is 24.8. The van der Waals surface area contributed by atoms with Crippen LogP contribution in [-0.4, -0.2) is 71.2 Å². The highest BCUT2D eigenvalue weighted by molar-refractivity contribution is 6.11. The van der Waals surface area contributed by atoms with Crippen molar-refractivity contribution in [3.63, 3.8) is 0 Å². The van der Waals surface area contributed by atoms with Crippen molar-refractivity contribution in [2.45, 2.75) is 25.5 Å². The van der Waals surface area contributed by atoms with E-state index in [1.54, 1.807) is 16.8 Å². The van der Waals surface area contributed by atoms with Crippen molar-refractivity contribution in [3.8, 4) is 0 Å². The number of hydrogen-bond acceptors (Lipinski definition) is 8. The lowest BCUT2D eigenvalue weighted by atomic mass is 10.1. The van der Waals surface area contributed by atoms with Crippen LogP contribution < -0.4 is 10.6 Å². The highest BCUT2D eigenvalue weighted by Gasteiger charge is 2.29. The quantitative estimate of drug-likeness (QED) is 0.322. The first-order valence-corrected chi connectivity index (χ1v) is 11.6. The molecule has 0 spiro atoms. The van der Waals surface area contributed by atoms with Crippen LogP contribution in [0.15, 0.2) is 42.6 Å². The van der Waals surface area contributed by atoms with Crippen molar-refractivity contribution < 1.29 is 29.3 Å². The van der Waals surface area contributed by atoms with Gasteiger partial charge in [-0.2, -0.15) is 0 Å². The van der Waals surface area contributed by atoms with Gasteiger partial charge in [0.15, 0.2) is 5.69 Å². The van der Waals surface area contributed by atoms with Gasteiger partial charge in [0.1, 0.15) is 5.65 Å². The molecule has 4 rings (SSSR count). The van der Waals surface area contributed by atoms with Crippen molar-refractivity contribution in [2.75, 3.05) is 44.1 Å². The summed E-state index contributed by atoms with van der Waals surface area (Å²) in [5.41, 5.74) is 2.73. The number of benzene rings is 1. The van der Waals surface area contributed by atoms with Crippen LogP contribution in [0, 0.1) is 5.92 Å². The Labute approximate surface area is 202 Å². The van der Waals surface area contributed by atoms with Gasteiger partial charge >= 0.3 is 5.97 Å². The Balaban J connectivity index is 1.76. The highest BCUT2D eigenvalue weighted by atomic mass is 16.5. The summed E-state index contributed by atoms with van der Waals surface area (Å²) in [4.78, 5) is 30.5. The number of esters is 1. The van der Waals surface area contributed by atoms with Crippen molar-refractivity contribution in [2.24, 2.45) is 5.92 Å². The molecular weight excluding hydrogens is 452 g/mol. The van der Waals surface area contributed by atoms with Gasteiger partial charge in [-0.1, -0.05) is 30.3 Å². The number of aromatic nitrogens is 2. The number of carbonyl (C=O) groups excluding carboxylic acids is 2. The molecule has 0 bridgehead atoms. The maximum Gasteiger partial charge on any atom is 0.356 e. The van der Waals surface area contributed by atoms with E-state index < -0.39 is 12.1 Å². The van der Waals surface area contributed by atoms with Crippen molar-refractivity contribution >= 4 is 34.3 Å². The Hall–Kier alpha value is -3.47. The Morgan fingerprint density at radius 1 is 1.31 bits per heavy atom. The maximum absolute atomic E-state index is 13.0. The van der Waals surface area contributed by atoms with Gasteiger partial charge in [-0.25, -0.2) is 9.78 Å². The highest BCUT2D eigenvalue weighted by Crippen LogP contribution is 2.33. The summed E-state index contributed by atoms with van der Waals surface area (Å²) in [5.74, 6) is -1.12. The third-order valence-electron chi connectivity index (χ3n) is 6.05. The summed E-state index contributed by atoms with van der Waals surface area (Å²) in [6.45, 7) is 1.02. The summed E-state index contributed by atoms with van der Waals surface area (Å²) < 4.78 is 12.2. The molecular formula is C25H30N4O6. The largest absolute Gasteiger partial charge is 0.464 e. The molecule has 2 atom stereocenters. The molecule has 186 valence electrons. The third-order valence-corrected chi connectivity index (χ3v) is 6.05. The molecule has 1 aliphatic heterocycles. The van der Waals surface area contributed by atoms with Crippen LogP contribution in [-0.2, 0) is 27.2 Å². The minimum absolute atomic E-state index is 0.114. The lowest BCUT2D eigenvalue weighted by Gasteiger charge is -2.12. The SMILES string of the molecule is COC(=O)c1c(NC(=O)[C@H]2CCOC2)c2cc(NC[C@H](O)CO)cnc2n1CCc1ccccc1. The summed E-state index contributed by atoms with van der Waals surface area (Å²) >= 11 is 0. The van der Waals surface area contributed by atoms with Gasteiger partial charge in [0.25, 0.3) is 0 Å². The molecule has 35 heavy (non-hydrogen) atoms. The zero-order valence-corrected chi connectivity index (χ0v) is 19.6. The van der Waals surface area contributed by atoms with Crippen LogP contribution in [0.1, 0.15) is 22.5 Å². The normalized spacial score (nSPS) is 16.3. The fourth-order valence-electron chi connectivity index (χ4n) is 4.13. The number of amides is 1. The average Bonchev–Trinajstić information content (AvgIpc) is 3.53. The fourth-order valence-corrected chi connectivity index (χ4v) is 4.13. The molecule has 3 heterocycles. The Bertz CT molecular complexity index is 1170. The van der Waals surface area contributed by atoms with Gasteiger partial charge in [-0.05, 0) is 24.5 Å². The molecule has 1 saturated heterocycles. The Kier molecular flexibility index (Phi) is 7.96. The molecule has 4 N–H and O–H groups in total. The number of ether oxygens (including phenoxy) is 2. The van der Waals surface area contributed by atoms with Crippen LogP contribution in [0.3, 0.4) is 0 Å². The molecule has 10 heteroatoms. The summed E-state index contributed by atoms with van der Waals surface area (Å²) in [7, 11) is 1.30. The van der Waals surface area contributed by atoms with Crippen molar-refractivity contribution in [3.05, 3.63) is 53.9 Å². The predicted molar refractivity (Wildman–Crippen MR) is 130 cm³/mol. The van der Waals surface area contributed by atoms with Crippen molar-refractivity contribution in [1.82, 2.24) is 9.55 Å². The van der Waals surface area contributed by atoms with E-state index in [0.29, 0.717) is 55.0 Å². The van der Waals surface area contributed by atoms with E-state index in [1.165, 1.54) is 7.11 Å². The number of pyridine rings is 1.